The number of hydrogen-bond donors (Lipinski definition) is 2. The molecule has 23 heavy (non-hydrogen) atoms. The van der Waals surface area contributed by atoms with Crippen molar-refractivity contribution in [2.75, 3.05) is 5.32 Å². The molecule has 4 heteroatoms. The molecule has 0 aromatic heterocycles. The zero-order chi connectivity index (χ0) is 16.3. The molecule has 0 aliphatic heterocycles. The van der Waals surface area contributed by atoms with Gasteiger partial charge in [-0.2, -0.15) is 0 Å². The average Bonchev–Trinajstić information content (AvgIpc) is 3.33. The molecule has 4 nitrogen and oxygen atoms in total. The van der Waals surface area contributed by atoms with E-state index in [9.17, 15) is 14.7 Å². The van der Waals surface area contributed by atoms with E-state index in [1.165, 1.54) is 0 Å². The predicted octanol–water partition coefficient (Wildman–Crippen LogP) is 3.01. The van der Waals surface area contributed by atoms with Gasteiger partial charge < -0.3 is 10.4 Å². The SMILES string of the molecule is Cc1cccc(NC(=O)[C@H]2[C@H]3C=C[C@H]([C@H]4C[C@H]34)[C@@H]2C(=O)O)c1C. The molecule has 1 aromatic carbocycles. The molecular weight excluding hydrogens is 290 g/mol. The Morgan fingerprint density at radius 2 is 1.74 bits per heavy atom. The number of carboxylic acids is 1. The maximum Gasteiger partial charge on any atom is 0.307 e. The van der Waals surface area contributed by atoms with Crippen molar-refractivity contribution >= 4 is 17.6 Å². The van der Waals surface area contributed by atoms with Gasteiger partial charge in [-0.05, 0) is 61.1 Å². The summed E-state index contributed by atoms with van der Waals surface area (Å²) in [7, 11) is 0. The molecule has 120 valence electrons. The van der Waals surface area contributed by atoms with Gasteiger partial charge in [-0.25, -0.2) is 0 Å². The van der Waals surface area contributed by atoms with Crippen molar-refractivity contribution < 1.29 is 14.7 Å². The Labute approximate surface area is 135 Å². The third kappa shape index (κ3) is 2.12. The van der Waals surface area contributed by atoms with Crippen LogP contribution in [0.25, 0.3) is 0 Å². The lowest BCUT2D eigenvalue weighted by Crippen LogP contribution is -2.48. The molecule has 5 rings (SSSR count). The largest absolute Gasteiger partial charge is 0.481 e. The lowest BCUT2D eigenvalue weighted by Gasteiger charge is -2.41. The maximum absolute atomic E-state index is 12.9. The first-order valence-electron chi connectivity index (χ1n) is 8.27. The van der Waals surface area contributed by atoms with Crippen LogP contribution in [0.4, 0.5) is 5.69 Å². The second-order valence-corrected chi connectivity index (χ2v) is 7.23. The maximum atomic E-state index is 12.9. The number of carboxylic acid groups (broad SMARTS) is 1. The number of allylic oxidation sites excluding steroid dienone is 2. The number of carbonyl (C=O) groups is 2. The van der Waals surface area contributed by atoms with Gasteiger partial charge in [-0.1, -0.05) is 24.3 Å². The lowest BCUT2D eigenvalue weighted by atomic mass is 9.62. The smallest absolute Gasteiger partial charge is 0.307 e. The number of rotatable bonds is 3. The van der Waals surface area contributed by atoms with Crippen LogP contribution in [0.3, 0.4) is 0 Å². The molecule has 4 aliphatic rings. The van der Waals surface area contributed by atoms with E-state index in [1.807, 2.05) is 38.1 Å². The van der Waals surface area contributed by atoms with Crippen molar-refractivity contribution in [1.82, 2.24) is 0 Å². The van der Waals surface area contributed by atoms with E-state index < -0.39 is 17.8 Å². The van der Waals surface area contributed by atoms with E-state index in [4.69, 9.17) is 0 Å². The van der Waals surface area contributed by atoms with E-state index in [2.05, 4.69) is 11.4 Å². The Bertz CT molecular complexity index is 723. The van der Waals surface area contributed by atoms with Crippen LogP contribution in [-0.4, -0.2) is 17.0 Å². The van der Waals surface area contributed by atoms with Crippen LogP contribution in [0.1, 0.15) is 17.5 Å². The highest BCUT2D eigenvalue weighted by atomic mass is 16.4. The number of aryl methyl sites for hydroxylation is 1. The topological polar surface area (TPSA) is 66.4 Å². The minimum atomic E-state index is -0.837. The van der Waals surface area contributed by atoms with E-state index in [-0.39, 0.29) is 17.7 Å². The number of aliphatic carboxylic acids is 1. The Hall–Kier alpha value is -2.10. The quantitative estimate of drug-likeness (QED) is 0.843. The highest BCUT2D eigenvalue weighted by Gasteiger charge is 2.62. The molecule has 2 fully saturated rings. The molecule has 0 unspecified atom stereocenters. The molecule has 1 aromatic rings. The Kier molecular flexibility index (Phi) is 3.12. The molecular formula is C19H21NO3. The summed E-state index contributed by atoms with van der Waals surface area (Å²) < 4.78 is 0. The summed E-state index contributed by atoms with van der Waals surface area (Å²) in [5, 5.41) is 12.7. The van der Waals surface area contributed by atoms with Crippen molar-refractivity contribution in [2.45, 2.75) is 20.3 Å². The van der Waals surface area contributed by atoms with Gasteiger partial charge in [-0.15, -0.1) is 0 Å². The second kappa shape index (κ2) is 4.95. The normalized spacial score (nSPS) is 36.4. The fourth-order valence-corrected chi connectivity index (χ4v) is 4.67. The van der Waals surface area contributed by atoms with E-state index >= 15 is 0 Å². The number of benzene rings is 1. The highest BCUT2D eigenvalue weighted by Crippen LogP contribution is 2.63. The van der Waals surface area contributed by atoms with Crippen molar-refractivity contribution in [3.63, 3.8) is 0 Å². The fourth-order valence-electron chi connectivity index (χ4n) is 4.67. The first-order valence-corrected chi connectivity index (χ1v) is 8.27. The van der Waals surface area contributed by atoms with Crippen molar-refractivity contribution in [3.05, 3.63) is 41.5 Å². The molecule has 2 saturated carbocycles. The van der Waals surface area contributed by atoms with Crippen molar-refractivity contribution in [2.24, 2.45) is 35.5 Å². The zero-order valence-electron chi connectivity index (χ0n) is 13.3. The summed E-state index contributed by atoms with van der Waals surface area (Å²) in [6, 6.07) is 5.80. The summed E-state index contributed by atoms with van der Waals surface area (Å²) in [4.78, 5) is 24.7. The van der Waals surface area contributed by atoms with Gasteiger partial charge in [0.1, 0.15) is 0 Å². The number of anilines is 1. The minimum absolute atomic E-state index is 0.0249. The van der Waals surface area contributed by atoms with Crippen LogP contribution in [0, 0.1) is 49.4 Å². The van der Waals surface area contributed by atoms with Gasteiger partial charge in [-0.3, -0.25) is 9.59 Å². The van der Waals surface area contributed by atoms with Gasteiger partial charge in [0.05, 0.1) is 11.8 Å². The van der Waals surface area contributed by atoms with Crippen LogP contribution < -0.4 is 5.32 Å². The lowest BCUT2D eigenvalue weighted by molar-refractivity contribution is -0.152. The van der Waals surface area contributed by atoms with E-state index in [0.717, 1.165) is 23.2 Å². The number of fused-ring (bicyclic) bond motifs is 1. The van der Waals surface area contributed by atoms with E-state index in [1.54, 1.807) is 0 Å². The number of amides is 1. The summed E-state index contributed by atoms with van der Waals surface area (Å²) in [5.74, 6) is -0.921. The fraction of sp³-hybridized carbons (Fsp3) is 0.474. The summed E-state index contributed by atoms with van der Waals surface area (Å²) >= 11 is 0. The molecule has 4 aliphatic carbocycles. The summed E-state index contributed by atoms with van der Waals surface area (Å²) in [6.07, 6.45) is 5.20. The molecule has 0 saturated heterocycles. The van der Waals surface area contributed by atoms with E-state index in [0.29, 0.717) is 11.8 Å². The molecule has 1 amide bonds. The van der Waals surface area contributed by atoms with Gasteiger partial charge in [0.15, 0.2) is 0 Å². The minimum Gasteiger partial charge on any atom is -0.481 e. The van der Waals surface area contributed by atoms with Gasteiger partial charge in [0.25, 0.3) is 0 Å². The molecule has 0 spiro atoms. The average molecular weight is 311 g/mol. The first-order chi connectivity index (χ1) is 11.0. The van der Waals surface area contributed by atoms with Crippen LogP contribution >= 0.6 is 0 Å². The van der Waals surface area contributed by atoms with Crippen LogP contribution in [-0.2, 0) is 9.59 Å². The van der Waals surface area contributed by atoms with Gasteiger partial charge in [0.2, 0.25) is 5.91 Å². The molecule has 0 heterocycles. The van der Waals surface area contributed by atoms with Crippen LogP contribution in [0.15, 0.2) is 30.4 Å². The molecule has 0 radical (unpaired) electrons. The predicted molar refractivity (Wildman–Crippen MR) is 86.9 cm³/mol. The third-order valence-corrected chi connectivity index (χ3v) is 6.10. The molecule has 2 bridgehead atoms. The van der Waals surface area contributed by atoms with Crippen LogP contribution in [0.5, 0.6) is 0 Å². The van der Waals surface area contributed by atoms with Gasteiger partial charge >= 0.3 is 5.97 Å². The summed E-state index contributed by atoms with van der Waals surface area (Å²) in [5.41, 5.74) is 2.94. The zero-order valence-corrected chi connectivity index (χ0v) is 13.3. The molecule has 6 atom stereocenters. The first kappa shape index (κ1) is 14.5. The Morgan fingerprint density at radius 1 is 1.09 bits per heavy atom. The highest BCUT2D eigenvalue weighted by molar-refractivity contribution is 5.96. The second-order valence-electron chi connectivity index (χ2n) is 7.23. The standard InChI is InChI=1S/C19H21NO3/c1-9-4-3-5-15(10(9)2)20-18(21)16-11-6-7-12(14-8-13(11)14)17(16)19(22)23/h3-7,11-14,16-17H,8H2,1-2H3,(H,20,21)(H,22,23)/t11-,12+,13+,14+,16-,17-/m0/s1. The monoisotopic (exact) mass is 311 g/mol. The number of carbonyl (C=O) groups excluding carboxylic acids is 1. The number of hydrogen-bond acceptors (Lipinski definition) is 2. The van der Waals surface area contributed by atoms with Crippen molar-refractivity contribution in [1.29, 1.82) is 0 Å². The van der Waals surface area contributed by atoms with Crippen LogP contribution in [0.2, 0.25) is 0 Å². The Balaban J connectivity index is 1.63. The summed E-state index contributed by atoms with van der Waals surface area (Å²) in [6.45, 7) is 3.98. The van der Waals surface area contributed by atoms with Gasteiger partial charge in [0, 0.05) is 5.69 Å². The third-order valence-electron chi connectivity index (χ3n) is 6.10. The Morgan fingerprint density at radius 3 is 2.39 bits per heavy atom. The number of nitrogens with one attached hydrogen (secondary N) is 1. The molecule has 2 N–H and O–H groups in total. The van der Waals surface area contributed by atoms with Crippen molar-refractivity contribution in [3.8, 4) is 0 Å².